The Labute approximate surface area is 164 Å². The van der Waals surface area contributed by atoms with Crippen molar-refractivity contribution < 1.29 is 14.3 Å². The lowest BCUT2D eigenvalue weighted by Gasteiger charge is -2.25. The highest BCUT2D eigenvalue weighted by atomic mass is 16.5. The highest BCUT2D eigenvalue weighted by Crippen LogP contribution is 2.18. The number of hydrogen-bond acceptors (Lipinski definition) is 4. The molecule has 0 N–H and O–H groups in total. The third-order valence-corrected chi connectivity index (χ3v) is 4.68. The van der Waals surface area contributed by atoms with Crippen LogP contribution in [-0.2, 0) is 16.1 Å². The molecule has 0 aliphatic carbocycles. The van der Waals surface area contributed by atoms with Gasteiger partial charge in [0, 0.05) is 19.4 Å². The lowest BCUT2D eigenvalue weighted by Crippen LogP contribution is -2.33. The summed E-state index contributed by atoms with van der Waals surface area (Å²) in [5.74, 6) is -0.764. The van der Waals surface area contributed by atoms with Gasteiger partial charge in [0.2, 0.25) is 0 Å². The van der Waals surface area contributed by atoms with E-state index in [1.807, 2.05) is 61.7 Å². The van der Waals surface area contributed by atoms with Gasteiger partial charge in [0.05, 0.1) is 18.2 Å². The SMILES string of the molecule is CC(c1ccccc1)N(C)C(=O)COC(=O)c1ccc(Cn2cccn2)cc1. The summed E-state index contributed by atoms with van der Waals surface area (Å²) >= 11 is 0. The third kappa shape index (κ3) is 4.85. The number of rotatable bonds is 7. The number of carbonyl (C=O) groups is 2. The Morgan fingerprint density at radius 3 is 2.43 bits per heavy atom. The Hall–Kier alpha value is -3.41. The molecule has 0 aliphatic rings. The Kier molecular flexibility index (Phi) is 6.22. The molecule has 3 rings (SSSR count). The number of esters is 1. The van der Waals surface area contributed by atoms with Crippen LogP contribution in [0, 0.1) is 0 Å². The first-order chi connectivity index (χ1) is 13.5. The summed E-state index contributed by atoms with van der Waals surface area (Å²) in [5, 5.41) is 4.15. The molecule has 1 heterocycles. The smallest absolute Gasteiger partial charge is 0.338 e. The molecule has 28 heavy (non-hydrogen) atoms. The molecule has 144 valence electrons. The van der Waals surface area contributed by atoms with E-state index in [0.717, 1.165) is 11.1 Å². The first-order valence-corrected chi connectivity index (χ1v) is 9.08. The Bertz CT molecular complexity index is 906. The van der Waals surface area contributed by atoms with Gasteiger partial charge < -0.3 is 9.64 Å². The molecule has 0 saturated carbocycles. The minimum absolute atomic E-state index is 0.103. The van der Waals surface area contributed by atoms with Crippen LogP contribution in [-0.4, -0.2) is 40.2 Å². The second kappa shape index (κ2) is 8.99. The predicted molar refractivity (Wildman–Crippen MR) is 106 cm³/mol. The minimum Gasteiger partial charge on any atom is -0.452 e. The topological polar surface area (TPSA) is 64.4 Å². The Morgan fingerprint density at radius 2 is 1.79 bits per heavy atom. The second-order valence-electron chi connectivity index (χ2n) is 6.57. The number of nitrogens with zero attached hydrogens (tertiary/aromatic N) is 3. The van der Waals surface area contributed by atoms with Crippen molar-refractivity contribution in [1.82, 2.24) is 14.7 Å². The predicted octanol–water partition coefficient (Wildman–Crippen LogP) is 3.31. The first-order valence-electron chi connectivity index (χ1n) is 9.08. The van der Waals surface area contributed by atoms with Crippen molar-refractivity contribution in [3.05, 3.63) is 89.7 Å². The van der Waals surface area contributed by atoms with Gasteiger partial charge in [-0.15, -0.1) is 0 Å². The zero-order chi connectivity index (χ0) is 19.9. The van der Waals surface area contributed by atoms with Crippen molar-refractivity contribution in [3.63, 3.8) is 0 Å². The van der Waals surface area contributed by atoms with Crippen LogP contribution >= 0.6 is 0 Å². The summed E-state index contributed by atoms with van der Waals surface area (Å²) in [4.78, 5) is 26.2. The summed E-state index contributed by atoms with van der Waals surface area (Å²) in [6.45, 7) is 2.28. The van der Waals surface area contributed by atoms with E-state index in [4.69, 9.17) is 4.74 Å². The van der Waals surface area contributed by atoms with Gasteiger partial charge in [-0.05, 0) is 36.2 Å². The van der Waals surface area contributed by atoms with Gasteiger partial charge in [-0.3, -0.25) is 9.48 Å². The summed E-state index contributed by atoms with van der Waals surface area (Å²) in [6.07, 6.45) is 3.60. The minimum atomic E-state index is -0.514. The molecule has 1 unspecified atom stereocenters. The van der Waals surface area contributed by atoms with E-state index < -0.39 is 5.97 Å². The molecular weight excluding hydrogens is 354 g/mol. The van der Waals surface area contributed by atoms with Crippen LogP contribution in [0.25, 0.3) is 0 Å². The lowest BCUT2D eigenvalue weighted by molar-refractivity contribution is -0.135. The number of hydrogen-bond donors (Lipinski definition) is 0. The zero-order valence-electron chi connectivity index (χ0n) is 16.0. The van der Waals surface area contributed by atoms with Crippen LogP contribution in [0.2, 0.25) is 0 Å². The molecule has 6 nitrogen and oxygen atoms in total. The number of benzene rings is 2. The van der Waals surface area contributed by atoms with Gasteiger partial charge in [0.15, 0.2) is 6.61 Å². The van der Waals surface area contributed by atoms with E-state index in [1.165, 1.54) is 0 Å². The fourth-order valence-electron chi connectivity index (χ4n) is 2.81. The van der Waals surface area contributed by atoms with Crippen molar-refractivity contribution >= 4 is 11.9 Å². The molecule has 0 fully saturated rings. The van der Waals surface area contributed by atoms with Gasteiger partial charge in [0.1, 0.15) is 0 Å². The molecule has 0 radical (unpaired) electrons. The molecule has 0 saturated heterocycles. The quantitative estimate of drug-likeness (QED) is 0.593. The van der Waals surface area contributed by atoms with Crippen molar-refractivity contribution in [2.45, 2.75) is 19.5 Å². The van der Waals surface area contributed by atoms with E-state index >= 15 is 0 Å². The standard InChI is InChI=1S/C22H23N3O3/c1-17(19-7-4-3-5-8-19)24(2)21(26)16-28-22(27)20-11-9-18(10-12-20)15-25-14-6-13-23-25/h3-14,17H,15-16H2,1-2H3. The summed E-state index contributed by atoms with van der Waals surface area (Å²) < 4.78 is 7.00. The number of likely N-dealkylation sites (N-methyl/N-ethyl adjacent to an activating group) is 1. The number of ether oxygens (including phenoxy) is 1. The van der Waals surface area contributed by atoms with Crippen molar-refractivity contribution in [2.24, 2.45) is 0 Å². The van der Waals surface area contributed by atoms with Gasteiger partial charge >= 0.3 is 5.97 Å². The molecule has 6 heteroatoms. The number of amides is 1. The van der Waals surface area contributed by atoms with Crippen LogP contribution in [0.15, 0.2) is 73.1 Å². The highest BCUT2D eigenvalue weighted by molar-refractivity contribution is 5.91. The molecular formula is C22H23N3O3. The molecule has 0 bridgehead atoms. The summed E-state index contributed by atoms with van der Waals surface area (Å²) in [6, 6.07) is 18.6. The molecule has 1 amide bonds. The van der Waals surface area contributed by atoms with E-state index in [9.17, 15) is 9.59 Å². The van der Waals surface area contributed by atoms with Gasteiger partial charge in [0.25, 0.3) is 5.91 Å². The van der Waals surface area contributed by atoms with Gasteiger partial charge in [-0.2, -0.15) is 5.10 Å². The van der Waals surface area contributed by atoms with Crippen LogP contribution < -0.4 is 0 Å². The Morgan fingerprint density at radius 1 is 1.07 bits per heavy atom. The molecule has 0 spiro atoms. The summed E-state index contributed by atoms with van der Waals surface area (Å²) in [7, 11) is 1.71. The first kappa shape index (κ1) is 19.4. The normalized spacial score (nSPS) is 11.6. The van der Waals surface area contributed by atoms with Crippen LogP contribution in [0.1, 0.15) is 34.5 Å². The van der Waals surface area contributed by atoms with E-state index in [2.05, 4.69) is 5.10 Å². The molecule has 3 aromatic rings. The fourth-order valence-corrected chi connectivity index (χ4v) is 2.81. The maximum Gasteiger partial charge on any atom is 0.338 e. The third-order valence-electron chi connectivity index (χ3n) is 4.68. The highest BCUT2D eigenvalue weighted by Gasteiger charge is 2.19. The number of carbonyl (C=O) groups excluding carboxylic acids is 2. The van der Waals surface area contributed by atoms with E-state index in [-0.39, 0.29) is 18.6 Å². The average Bonchev–Trinajstić information content (AvgIpc) is 3.25. The maximum atomic E-state index is 12.4. The van der Waals surface area contributed by atoms with Crippen molar-refractivity contribution in [3.8, 4) is 0 Å². The molecule has 1 aromatic heterocycles. The van der Waals surface area contributed by atoms with Gasteiger partial charge in [-0.25, -0.2) is 4.79 Å². The zero-order valence-corrected chi connectivity index (χ0v) is 16.0. The van der Waals surface area contributed by atoms with E-state index in [1.54, 1.807) is 35.0 Å². The van der Waals surface area contributed by atoms with Crippen LogP contribution in [0.4, 0.5) is 0 Å². The van der Waals surface area contributed by atoms with E-state index in [0.29, 0.717) is 12.1 Å². The van der Waals surface area contributed by atoms with Crippen LogP contribution in [0.3, 0.4) is 0 Å². The second-order valence-corrected chi connectivity index (χ2v) is 6.57. The molecule has 2 aromatic carbocycles. The largest absolute Gasteiger partial charge is 0.452 e. The monoisotopic (exact) mass is 377 g/mol. The van der Waals surface area contributed by atoms with Crippen LogP contribution in [0.5, 0.6) is 0 Å². The average molecular weight is 377 g/mol. The maximum absolute atomic E-state index is 12.4. The molecule has 1 atom stereocenters. The number of aromatic nitrogens is 2. The Balaban J connectivity index is 1.52. The summed E-state index contributed by atoms with van der Waals surface area (Å²) in [5.41, 5.74) is 2.46. The lowest BCUT2D eigenvalue weighted by atomic mass is 10.1. The van der Waals surface area contributed by atoms with Gasteiger partial charge in [-0.1, -0.05) is 42.5 Å². The van der Waals surface area contributed by atoms with Crippen molar-refractivity contribution in [2.75, 3.05) is 13.7 Å². The molecule has 0 aliphatic heterocycles. The fraction of sp³-hybridized carbons (Fsp3) is 0.227. The van der Waals surface area contributed by atoms with Crippen molar-refractivity contribution in [1.29, 1.82) is 0 Å².